The summed E-state index contributed by atoms with van der Waals surface area (Å²) >= 11 is 13.9. The van der Waals surface area contributed by atoms with Crippen molar-refractivity contribution in [2.45, 2.75) is 0 Å². The number of anilines is 1. The maximum atomic E-state index is 12.6. The highest BCUT2D eigenvalue weighted by Crippen LogP contribution is 2.36. The third-order valence-corrected chi connectivity index (χ3v) is 6.78. The largest absolute Gasteiger partial charge is 0.496 e. The first-order valence-electron chi connectivity index (χ1n) is 9.06. The lowest BCUT2D eigenvalue weighted by molar-refractivity contribution is 0.0977. The van der Waals surface area contributed by atoms with E-state index in [0.717, 1.165) is 30.9 Å². The molecule has 0 atom stereocenters. The second-order valence-corrected chi connectivity index (χ2v) is 9.64. The van der Waals surface area contributed by atoms with Gasteiger partial charge in [-0.1, -0.05) is 28.1 Å². The Balaban J connectivity index is 1.56. The number of ether oxygens (including phenoxy) is 1. The van der Waals surface area contributed by atoms with Crippen LogP contribution in [0.1, 0.15) is 10.4 Å². The molecule has 0 aliphatic rings. The lowest BCUT2D eigenvalue weighted by Crippen LogP contribution is -2.34. The molecule has 1 heterocycles. The first-order chi connectivity index (χ1) is 14.9. The highest BCUT2D eigenvalue weighted by molar-refractivity contribution is 9.10. The summed E-state index contributed by atoms with van der Waals surface area (Å²) < 4.78 is 7.91. The molecular formula is C22H15Br2N3O2S2. The van der Waals surface area contributed by atoms with Gasteiger partial charge in [-0.2, -0.15) is 0 Å². The molecule has 0 fully saturated rings. The van der Waals surface area contributed by atoms with E-state index >= 15 is 0 Å². The van der Waals surface area contributed by atoms with E-state index in [1.807, 2.05) is 42.5 Å². The summed E-state index contributed by atoms with van der Waals surface area (Å²) in [5.41, 5.74) is 3.04. The summed E-state index contributed by atoms with van der Waals surface area (Å²) in [6, 6.07) is 18.8. The molecule has 5 nitrogen and oxygen atoms in total. The number of methoxy groups -OCH3 is 1. The Labute approximate surface area is 205 Å². The zero-order valence-electron chi connectivity index (χ0n) is 16.1. The number of amides is 1. The molecule has 0 radical (unpaired) electrons. The van der Waals surface area contributed by atoms with Gasteiger partial charge in [-0.05, 0) is 76.7 Å². The molecule has 4 aromatic rings. The molecule has 0 saturated heterocycles. The Morgan fingerprint density at radius 2 is 1.90 bits per heavy atom. The summed E-state index contributed by atoms with van der Waals surface area (Å²) in [6.45, 7) is 0. The number of nitrogens with zero attached hydrogens (tertiary/aromatic N) is 1. The van der Waals surface area contributed by atoms with Gasteiger partial charge in [-0.3, -0.25) is 10.1 Å². The molecule has 1 amide bonds. The summed E-state index contributed by atoms with van der Waals surface area (Å²) in [5.74, 6) is 0.326. The van der Waals surface area contributed by atoms with Gasteiger partial charge in [-0.25, -0.2) is 4.98 Å². The number of fused-ring (bicyclic) bond motifs is 1. The van der Waals surface area contributed by atoms with E-state index in [9.17, 15) is 4.79 Å². The van der Waals surface area contributed by atoms with Crippen molar-refractivity contribution >= 4 is 82.3 Å². The van der Waals surface area contributed by atoms with Crippen LogP contribution in [0.4, 0.5) is 5.69 Å². The number of halogens is 2. The molecule has 3 aromatic carbocycles. The van der Waals surface area contributed by atoms with Crippen LogP contribution in [0.5, 0.6) is 5.75 Å². The van der Waals surface area contributed by atoms with Crippen molar-refractivity contribution in [2.75, 3.05) is 12.4 Å². The quantitative estimate of drug-likeness (QED) is 0.267. The predicted octanol–water partition coefficient (Wildman–Crippen LogP) is 6.62. The summed E-state index contributed by atoms with van der Waals surface area (Å²) in [7, 11) is 1.57. The van der Waals surface area contributed by atoms with Crippen LogP contribution in [0, 0.1) is 0 Å². The van der Waals surface area contributed by atoms with Crippen LogP contribution in [0.2, 0.25) is 0 Å². The van der Waals surface area contributed by atoms with E-state index in [4.69, 9.17) is 21.9 Å². The van der Waals surface area contributed by atoms with Crippen LogP contribution >= 0.6 is 55.4 Å². The lowest BCUT2D eigenvalue weighted by Gasteiger charge is -2.13. The van der Waals surface area contributed by atoms with Crippen LogP contribution in [-0.2, 0) is 0 Å². The van der Waals surface area contributed by atoms with Gasteiger partial charge in [-0.15, -0.1) is 11.3 Å². The van der Waals surface area contributed by atoms with Crippen molar-refractivity contribution in [2.24, 2.45) is 0 Å². The number of aromatic nitrogens is 1. The molecule has 0 unspecified atom stereocenters. The molecule has 4 rings (SSSR count). The Hall–Kier alpha value is -2.33. The molecule has 0 aliphatic carbocycles. The fourth-order valence-electron chi connectivity index (χ4n) is 2.93. The Bertz CT molecular complexity index is 1270. The molecular weight excluding hydrogens is 562 g/mol. The Kier molecular flexibility index (Phi) is 6.66. The molecule has 156 valence electrons. The number of para-hydroxylation sites is 1. The number of carbonyl (C=O) groups is 1. The van der Waals surface area contributed by atoms with E-state index in [-0.39, 0.29) is 11.0 Å². The molecule has 1 aromatic heterocycles. The van der Waals surface area contributed by atoms with Gasteiger partial charge in [0.25, 0.3) is 5.91 Å². The second kappa shape index (κ2) is 9.44. The average Bonchev–Trinajstić information content (AvgIpc) is 3.19. The zero-order chi connectivity index (χ0) is 22.0. The maximum absolute atomic E-state index is 12.6. The normalized spacial score (nSPS) is 10.7. The van der Waals surface area contributed by atoms with E-state index in [1.54, 1.807) is 36.6 Å². The number of rotatable bonds is 4. The first kappa shape index (κ1) is 21.9. The van der Waals surface area contributed by atoms with Gasteiger partial charge in [0.05, 0.1) is 27.5 Å². The van der Waals surface area contributed by atoms with Crippen LogP contribution in [0.3, 0.4) is 0 Å². The predicted molar refractivity (Wildman–Crippen MR) is 137 cm³/mol. The fourth-order valence-corrected chi connectivity index (χ4v) is 5.03. The van der Waals surface area contributed by atoms with E-state index in [0.29, 0.717) is 15.8 Å². The van der Waals surface area contributed by atoms with Crippen LogP contribution < -0.4 is 15.4 Å². The third kappa shape index (κ3) is 4.95. The Morgan fingerprint density at radius 1 is 1.10 bits per heavy atom. The number of thiazole rings is 1. The van der Waals surface area contributed by atoms with Crippen LogP contribution in [0.15, 0.2) is 69.6 Å². The smallest absolute Gasteiger partial charge is 0.257 e. The number of carbonyl (C=O) groups excluding carboxylic acids is 1. The number of hydrogen-bond donors (Lipinski definition) is 2. The van der Waals surface area contributed by atoms with Gasteiger partial charge < -0.3 is 10.1 Å². The monoisotopic (exact) mass is 575 g/mol. The number of hydrogen-bond acceptors (Lipinski definition) is 5. The van der Waals surface area contributed by atoms with Crippen molar-refractivity contribution < 1.29 is 9.53 Å². The molecule has 0 saturated carbocycles. The highest BCUT2D eigenvalue weighted by Gasteiger charge is 2.15. The summed E-state index contributed by atoms with van der Waals surface area (Å²) in [4.78, 5) is 17.3. The van der Waals surface area contributed by atoms with Crippen LogP contribution in [-0.4, -0.2) is 23.1 Å². The molecule has 0 bridgehead atoms. The molecule has 2 N–H and O–H groups in total. The lowest BCUT2D eigenvalue weighted by atomic mass is 10.2. The number of nitrogens with one attached hydrogen (secondary N) is 2. The third-order valence-electron chi connectivity index (χ3n) is 4.40. The van der Waals surface area contributed by atoms with Gasteiger partial charge in [0, 0.05) is 15.6 Å². The fraction of sp³-hybridized carbons (Fsp3) is 0.0455. The van der Waals surface area contributed by atoms with E-state index in [1.165, 1.54) is 0 Å². The number of benzene rings is 3. The van der Waals surface area contributed by atoms with Gasteiger partial charge in [0.1, 0.15) is 10.8 Å². The van der Waals surface area contributed by atoms with Gasteiger partial charge in [0.2, 0.25) is 0 Å². The minimum atomic E-state index is -0.320. The van der Waals surface area contributed by atoms with E-state index in [2.05, 4.69) is 42.5 Å². The van der Waals surface area contributed by atoms with Crippen molar-refractivity contribution in [3.8, 4) is 16.3 Å². The second-order valence-electron chi connectivity index (χ2n) is 6.43. The van der Waals surface area contributed by atoms with E-state index < -0.39 is 0 Å². The van der Waals surface area contributed by atoms with Crippen LogP contribution in [0.25, 0.3) is 20.8 Å². The summed E-state index contributed by atoms with van der Waals surface area (Å²) in [5, 5.41) is 6.90. The highest BCUT2D eigenvalue weighted by atomic mass is 79.9. The average molecular weight is 577 g/mol. The van der Waals surface area contributed by atoms with Gasteiger partial charge >= 0.3 is 0 Å². The topological polar surface area (TPSA) is 63.2 Å². The van der Waals surface area contributed by atoms with Crippen molar-refractivity contribution in [3.05, 3.63) is 75.2 Å². The molecule has 31 heavy (non-hydrogen) atoms. The maximum Gasteiger partial charge on any atom is 0.257 e. The standard InChI is InChI=1S/C22H15Br2N3O2S2/c1-29-18-9-6-12(10-15(18)24)20(28)27-22(30)26-16-8-7-13(23)11-14(16)21-25-17-4-2-3-5-19(17)31-21/h2-11H,1H3,(H2,26,27,28,30). The zero-order valence-corrected chi connectivity index (χ0v) is 20.9. The van der Waals surface area contributed by atoms with Crippen molar-refractivity contribution in [1.82, 2.24) is 10.3 Å². The van der Waals surface area contributed by atoms with Crippen molar-refractivity contribution in [3.63, 3.8) is 0 Å². The molecule has 9 heteroatoms. The molecule has 0 aliphatic heterocycles. The SMILES string of the molecule is COc1ccc(C(=O)NC(=S)Nc2ccc(Br)cc2-c2nc3ccccc3s2)cc1Br. The first-order valence-corrected chi connectivity index (χ1v) is 11.9. The minimum absolute atomic E-state index is 0.196. The molecule has 0 spiro atoms. The van der Waals surface area contributed by atoms with Crippen molar-refractivity contribution in [1.29, 1.82) is 0 Å². The minimum Gasteiger partial charge on any atom is -0.496 e. The summed E-state index contributed by atoms with van der Waals surface area (Å²) in [6.07, 6.45) is 0. The Morgan fingerprint density at radius 3 is 2.65 bits per heavy atom. The van der Waals surface area contributed by atoms with Gasteiger partial charge in [0.15, 0.2) is 5.11 Å². The number of thiocarbonyl (C=S) groups is 1.